The zero-order valence-electron chi connectivity index (χ0n) is 9.07. The lowest BCUT2D eigenvalue weighted by Gasteiger charge is -2.19. The van der Waals surface area contributed by atoms with Crippen molar-refractivity contribution in [2.24, 2.45) is 0 Å². The Kier molecular flexibility index (Phi) is 2.93. The van der Waals surface area contributed by atoms with Gasteiger partial charge in [0.15, 0.2) is 5.78 Å². The number of carboxylic acid groups (broad SMARTS) is 1. The quantitative estimate of drug-likeness (QED) is 0.772. The number of carbonyl (C=O) groups is 2. The standard InChI is InChI=1S/C12H14O3/c1-8(13)9-5-4-6-10(7-9)12(2,3)11(14)15/h4-7H,1-3H3,(H,14,15). The predicted molar refractivity (Wildman–Crippen MR) is 57.1 cm³/mol. The third kappa shape index (κ3) is 2.24. The molecular weight excluding hydrogens is 192 g/mol. The molecule has 1 aromatic carbocycles. The summed E-state index contributed by atoms with van der Waals surface area (Å²) in [5, 5.41) is 9.04. The fourth-order valence-corrected chi connectivity index (χ4v) is 1.25. The lowest BCUT2D eigenvalue weighted by molar-refractivity contribution is -0.142. The molecule has 0 heterocycles. The van der Waals surface area contributed by atoms with Crippen molar-refractivity contribution in [3.63, 3.8) is 0 Å². The summed E-state index contributed by atoms with van der Waals surface area (Å²) in [6, 6.07) is 6.75. The summed E-state index contributed by atoms with van der Waals surface area (Å²) >= 11 is 0. The fraction of sp³-hybridized carbons (Fsp3) is 0.333. The first-order valence-electron chi connectivity index (χ1n) is 4.70. The Labute approximate surface area is 88.7 Å². The van der Waals surface area contributed by atoms with Crippen LogP contribution in [0.3, 0.4) is 0 Å². The van der Waals surface area contributed by atoms with Gasteiger partial charge < -0.3 is 5.11 Å². The van der Waals surface area contributed by atoms with E-state index in [2.05, 4.69) is 0 Å². The predicted octanol–water partition coefficient (Wildman–Crippen LogP) is 2.25. The molecule has 80 valence electrons. The van der Waals surface area contributed by atoms with Crippen LogP contribution in [0, 0.1) is 0 Å². The second kappa shape index (κ2) is 3.85. The van der Waals surface area contributed by atoms with Crippen LogP contribution in [0.2, 0.25) is 0 Å². The first kappa shape index (κ1) is 11.4. The number of rotatable bonds is 3. The summed E-state index contributed by atoms with van der Waals surface area (Å²) in [6.45, 7) is 4.70. The van der Waals surface area contributed by atoms with Gasteiger partial charge in [-0.3, -0.25) is 9.59 Å². The number of hydrogen-bond donors (Lipinski definition) is 1. The largest absolute Gasteiger partial charge is 0.481 e. The summed E-state index contributed by atoms with van der Waals surface area (Å²) in [4.78, 5) is 22.2. The lowest BCUT2D eigenvalue weighted by Crippen LogP contribution is -2.28. The highest BCUT2D eigenvalue weighted by Gasteiger charge is 2.29. The molecule has 1 aromatic rings. The summed E-state index contributed by atoms with van der Waals surface area (Å²) in [5.74, 6) is -0.957. The second-order valence-corrected chi connectivity index (χ2v) is 4.07. The fourth-order valence-electron chi connectivity index (χ4n) is 1.25. The molecule has 0 aliphatic heterocycles. The molecule has 0 aliphatic rings. The Morgan fingerprint density at radius 1 is 1.27 bits per heavy atom. The molecule has 0 aromatic heterocycles. The molecule has 0 saturated carbocycles. The maximum absolute atomic E-state index is 11.1. The van der Waals surface area contributed by atoms with Gasteiger partial charge in [-0.05, 0) is 32.4 Å². The molecule has 3 nitrogen and oxygen atoms in total. The van der Waals surface area contributed by atoms with Gasteiger partial charge in [0.1, 0.15) is 0 Å². The van der Waals surface area contributed by atoms with E-state index in [-0.39, 0.29) is 5.78 Å². The number of carbonyl (C=O) groups excluding carboxylic acids is 1. The Hall–Kier alpha value is -1.64. The van der Waals surface area contributed by atoms with Crippen molar-refractivity contribution in [2.75, 3.05) is 0 Å². The first-order valence-corrected chi connectivity index (χ1v) is 4.70. The van der Waals surface area contributed by atoms with E-state index in [0.29, 0.717) is 11.1 Å². The van der Waals surface area contributed by atoms with Crippen molar-refractivity contribution in [3.8, 4) is 0 Å². The topological polar surface area (TPSA) is 54.4 Å². The van der Waals surface area contributed by atoms with Gasteiger partial charge in [0.05, 0.1) is 5.41 Å². The van der Waals surface area contributed by atoms with Gasteiger partial charge >= 0.3 is 5.97 Å². The van der Waals surface area contributed by atoms with Crippen LogP contribution in [-0.2, 0) is 10.2 Å². The monoisotopic (exact) mass is 206 g/mol. The van der Waals surface area contributed by atoms with E-state index in [1.807, 2.05) is 0 Å². The van der Waals surface area contributed by atoms with E-state index in [9.17, 15) is 9.59 Å². The van der Waals surface area contributed by atoms with Crippen molar-refractivity contribution in [2.45, 2.75) is 26.2 Å². The lowest BCUT2D eigenvalue weighted by atomic mass is 9.84. The number of ketones is 1. The van der Waals surface area contributed by atoms with Crippen molar-refractivity contribution < 1.29 is 14.7 Å². The molecule has 1 N–H and O–H groups in total. The van der Waals surface area contributed by atoms with Gasteiger partial charge in [-0.25, -0.2) is 0 Å². The van der Waals surface area contributed by atoms with E-state index < -0.39 is 11.4 Å². The van der Waals surface area contributed by atoms with Crippen LogP contribution in [0.4, 0.5) is 0 Å². The molecule has 0 saturated heterocycles. The summed E-state index contributed by atoms with van der Waals surface area (Å²) in [6.07, 6.45) is 0. The van der Waals surface area contributed by atoms with E-state index in [1.165, 1.54) is 6.92 Å². The summed E-state index contributed by atoms with van der Waals surface area (Å²) < 4.78 is 0. The normalized spacial score (nSPS) is 11.1. The smallest absolute Gasteiger partial charge is 0.313 e. The molecule has 3 heteroatoms. The number of hydrogen-bond acceptors (Lipinski definition) is 2. The summed E-state index contributed by atoms with van der Waals surface area (Å²) in [7, 11) is 0. The minimum absolute atomic E-state index is 0.0574. The molecular formula is C12H14O3. The molecule has 0 amide bonds. The number of benzene rings is 1. The summed E-state index contributed by atoms with van der Waals surface area (Å²) in [5.41, 5.74) is 0.218. The molecule has 0 unspecified atom stereocenters. The molecule has 0 fully saturated rings. The average molecular weight is 206 g/mol. The molecule has 1 rings (SSSR count). The van der Waals surface area contributed by atoms with Gasteiger partial charge in [0, 0.05) is 5.56 Å². The molecule has 15 heavy (non-hydrogen) atoms. The molecule has 0 atom stereocenters. The molecule has 0 aliphatic carbocycles. The second-order valence-electron chi connectivity index (χ2n) is 4.07. The number of carboxylic acids is 1. The van der Waals surface area contributed by atoms with Gasteiger partial charge in [-0.2, -0.15) is 0 Å². The molecule has 0 bridgehead atoms. The van der Waals surface area contributed by atoms with Crippen LogP contribution in [0.1, 0.15) is 36.7 Å². The van der Waals surface area contributed by atoms with E-state index in [0.717, 1.165) is 0 Å². The van der Waals surface area contributed by atoms with Crippen LogP contribution in [0.5, 0.6) is 0 Å². The zero-order valence-corrected chi connectivity index (χ0v) is 9.07. The van der Waals surface area contributed by atoms with Gasteiger partial charge in [0.2, 0.25) is 0 Å². The Balaban J connectivity index is 3.21. The maximum atomic E-state index is 11.1. The van der Waals surface area contributed by atoms with Crippen LogP contribution in [-0.4, -0.2) is 16.9 Å². The van der Waals surface area contributed by atoms with E-state index in [1.54, 1.807) is 38.1 Å². The Morgan fingerprint density at radius 3 is 2.33 bits per heavy atom. The zero-order chi connectivity index (χ0) is 11.6. The first-order chi connectivity index (χ1) is 6.85. The average Bonchev–Trinajstić information content (AvgIpc) is 2.17. The van der Waals surface area contributed by atoms with Crippen molar-refractivity contribution >= 4 is 11.8 Å². The van der Waals surface area contributed by atoms with Crippen LogP contribution in [0.15, 0.2) is 24.3 Å². The van der Waals surface area contributed by atoms with Gasteiger partial charge in [-0.1, -0.05) is 18.2 Å². The van der Waals surface area contributed by atoms with Crippen LogP contribution < -0.4 is 0 Å². The van der Waals surface area contributed by atoms with Crippen molar-refractivity contribution in [1.82, 2.24) is 0 Å². The van der Waals surface area contributed by atoms with Crippen molar-refractivity contribution in [3.05, 3.63) is 35.4 Å². The van der Waals surface area contributed by atoms with E-state index >= 15 is 0 Å². The molecule has 0 radical (unpaired) electrons. The minimum atomic E-state index is -0.967. The van der Waals surface area contributed by atoms with Gasteiger partial charge in [0.25, 0.3) is 0 Å². The Bertz CT molecular complexity index is 405. The number of aliphatic carboxylic acids is 1. The van der Waals surface area contributed by atoms with Crippen molar-refractivity contribution in [1.29, 1.82) is 0 Å². The minimum Gasteiger partial charge on any atom is -0.481 e. The van der Waals surface area contributed by atoms with E-state index in [4.69, 9.17) is 5.11 Å². The number of Topliss-reactive ketones (excluding diaryl/α,β-unsaturated/α-hetero) is 1. The van der Waals surface area contributed by atoms with Crippen LogP contribution in [0.25, 0.3) is 0 Å². The highest BCUT2D eigenvalue weighted by molar-refractivity contribution is 5.94. The third-order valence-electron chi connectivity index (χ3n) is 2.53. The highest BCUT2D eigenvalue weighted by Crippen LogP contribution is 2.24. The van der Waals surface area contributed by atoms with Gasteiger partial charge in [-0.15, -0.1) is 0 Å². The Morgan fingerprint density at radius 2 is 1.87 bits per heavy atom. The molecule has 0 spiro atoms. The third-order valence-corrected chi connectivity index (χ3v) is 2.53. The SMILES string of the molecule is CC(=O)c1cccc(C(C)(C)C(=O)O)c1. The maximum Gasteiger partial charge on any atom is 0.313 e. The van der Waals surface area contributed by atoms with Crippen LogP contribution >= 0.6 is 0 Å². The highest BCUT2D eigenvalue weighted by atomic mass is 16.4.